The van der Waals surface area contributed by atoms with Crippen molar-refractivity contribution in [2.45, 2.75) is 39.7 Å². The zero-order valence-corrected chi connectivity index (χ0v) is 16.5. The van der Waals surface area contributed by atoms with Crippen LogP contribution in [-0.4, -0.2) is 32.6 Å². The van der Waals surface area contributed by atoms with Crippen LogP contribution in [0.5, 0.6) is 0 Å². The molecular weight excluding hydrogens is 344 g/mol. The van der Waals surface area contributed by atoms with Gasteiger partial charge < -0.3 is 4.90 Å². The van der Waals surface area contributed by atoms with Crippen LogP contribution < -0.4 is 0 Å². The monoisotopic (exact) mass is 368 g/mol. The van der Waals surface area contributed by atoms with Crippen molar-refractivity contribution in [1.82, 2.24) is 19.7 Å². The molecule has 1 aromatic carbocycles. The lowest BCUT2D eigenvalue weighted by Gasteiger charge is -2.25. The molecule has 3 rings (SSSR count). The highest BCUT2D eigenvalue weighted by Gasteiger charge is 2.21. The molecule has 136 valence electrons. The Labute approximate surface area is 158 Å². The van der Waals surface area contributed by atoms with E-state index in [1.54, 1.807) is 22.3 Å². The van der Waals surface area contributed by atoms with Crippen LogP contribution in [0.4, 0.5) is 0 Å². The Morgan fingerprint density at radius 1 is 1.31 bits per heavy atom. The van der Waals surface area contributed by atoms with E-state index in [4.69, 9.17) is 0 Å². The molecule has 0 saturated carbocycles. The minimum atomic E-state index is -0.00988. The lowest BCUT2D eigenvalue weighted by Crippen LogP contribution is -2.29. The van der Waals surface area contributed by atoms with Crippen LogP contribution in [0.1, 0.15) is 52.0 Å². The number of carbonyl (C=O) groups excluding carboxylic acids is 1. The minimum absolute atomic E-state index is 0.00988. The van der Waals surface area contributed by atoms with E-state index in [-0.39, 0.29) is 11.9 Å². The first-order valence-corrected chi connectivity index (χ1v) is 9.64. The lowest BCUT2D eigenvalue weighted by atomic mass is 10.1. The van der Waals surface area contributed by atoms with E-state index in [1.807, 2.05) is 36.2 Å². The number of hydrogen-bond donors (Lipinski definition) is 0. The van der Waals surface area contributed by atoms with Gasteiger partial charge in [0.1, 0.15) is 12.7 Å². The maximum absolute atomic E-state index is 12.9. The molecular formula is C20H24N4OS. The average Bonchev–Trinajstić information content (AvgIpc) is 3.31. The standard InChI is InChI=1S/C20H24N4OS/c1-5-6-17-11-19(26-15(17)3)20(25)23(4)14(2)16-7-9-18(10-8-16)24-13-21-12-22-24/h7-14H,5-6H2,1-4H3/t14-/m0/s1. The molecule has 0 bridgehead atoms. The van der Waals surface area contributed by atoms with Gasteiger partial charge >= 0.3 is 0 Å². The number of aryl methyl sites for hydroxylation is 2. The van der Waals surface area contributed by atoms with Crippen LogP contribution in [0, 0.1) is 6.92 Å². The van der Waals surface area contributed by atoms with Crippen molar-refractivity contribution in [3.05, 3.63) is 63.9 Å². The molecule has 0 fully saturated rings. The predicted molar refractivity (Wildman–Crippen MR) is 105 cm³/mol. The summed E-state index contributed by atoms with van der Waals surface area (Å²) < 4.78 is 1.72. The molecule has 0 aliphatic heterocycles. The van der Waals surface area contributed by atoms with Crippen molar-refractivity contribution in [2.24, 2.45) is 0 Å². The molecule has 1 atom stereocenters. The summed E-state index contributed by atoms with van der Waals surface area (Å²) in [5.41, 5.74) is 3.33. The zero-order chi connectivity index (χ0) is 18.7. The van der Waals surface area contributed by atoms with Crippen LogP contribution >= 0.6 is 11.3 Å². The summed E-state index contributed by atoms with van der Waals surface area (Å²) in [5, 5.41) is 4.13. The molecule has 2 heterocycles. The van der Waals surface area contributed by atoms with Gasteiger partial charge in [-0.15, -0.1) is 11.3 Å². The maximum Gasteiger partial charge on any atom is 0.264 e. The van der Waals surface area contributed by atoms with Crippen molar-refractivity contribution in [3.8, 4) is 5.69 Å². The number of aromatic nitrogens is 3. The van der Waals surface area contributed by atoms with E-state index < -0.39 is 0 Å². The van der Waals surface area contributed by atoms with E-state index >= 15 is 0 Å². The normalized spacial score (nSPS) is 12.2. The number of benzene rings is 1. The Hall–Kier alpha value is -2.47. The van der Waals surface area contributed by atoms with E-state index in [0.717, 1.165) is 29.0 Å². The second kappa shape index (κ2) is 7.83. The topological polar surface area (TPSA) is 51.0 Å². The summed E-state index contributed by atoms with van der Waals surface area (Å²) in [5.74, 6) is 0.0771. The molecule has 5 nitrogen and oxygen atoms in total. The van der Waals surface area contributed by atoms with Gasteiger partial charge in [0.15, 0.2) is 0 Å². The third kappa shape index (κ3) is 3.70. The Morgan fingerprint density at radius 3 is 2.65 bits per heavy atom. The van der Waals surface area contributed by atoms with E-state index in [2.05, 4.69) is 36.9 Å². The molecule has 0 unspecified atom stereocenters. The Kier molecular flexibility index (Phi) is 5.52. The van der Waals surface area contributed by atoms with Gasteiger partial charge in [0.2, 0.25) is 0 Å². The predicted octanol–water partition coefficient (Wildman–Crippen LogP) is 4.42. The van der Waals surface area contributed by atoms with Gasteiger partial charge in [-0.1, -0.05) is 25.5 Å². The molecule has 0 aliphatic carbocycles. The van der Waals surface area contributed by atoms with E-state index in [0.29, 0.717) is 0 Å². The van der Waals surface area contributed by atoms with Crippen molar-refractivity contribution in [3.63, 3.8) is 0 Å². The molecule has 0 saturated heterocycles. The summed E-state index contributed by atoms with van der Waals surface area (Å²) in [4.78, 5) is 20.7. The van der Waals surface area contributed by atoms with Crippen LogP contribution in [0.2, 0.25) is 0 Å². The first kappa shape index (κ1) is 18.3. The second-order valence-corrected chi connectivity index (χ2v) is 7.72. The molecule has 0 radical (unpaired) electrons. The van der Waals surface area contributed by atoms with Crippen LogP contribution in [0.3, 0.4) is 0 Å². The van der Waals surface area contributed by atoms with Gasteiger partial charge in [-0.25, -0.2) is 9.67 Å². The van der Waals surface area contributed by atoms with Gasteiger partial charge in [-0.3, -0.25) is 4.79 Å². The molecule has 3 aromatic rings. The number of amides is 1. The van der Waals surface area contributed by atoms with Crippen LogP contribution in [0.25, 0.3) is 5.69 Å². The van der Waals surface area contributed by atoms with Gasteiger partial charge in [0.25, 0.3) is 5.91 Å². The Bertz CT molecular complexity index is 868. The van der Waals surface area contributed by atoms with Crippen molar-refractivity contribution < 1.29 is 4.79 Å². The maximum atomic E-state index is 12.9. The van der Waals surface area contributed by atoms with Crippen molar-refractivity contribution in [2.75, 3.05) is 7.05 Å². The molecule has 0 N–H and O–H groups in total. The van der Waals surface area contributed by atoms with Gasteiger partial charge in [-0.05, 0) is 49.6 Å². The highest BCUT2D eigenvalue weighted by atomic mass is 32.1. The fraction of sp³-hybridized carbons (Fsp3) is 0.350. The summed E-state index contributed by atoms with van der Waals surface area (Å²) in [6.07, 6.45) is 5.30. The Balaban J connectivity index is 1.75. The highest BCUT2D eigenvalue weighted by molar-refractivity contribution is 7.14. The van der Waals surface area contributed by atoms with E-state index in [9.17, 15) is 4.79 Å². The fourth-order valence-corrected chi connectivity index (χ4v) is 4.02. The first-order valence-electron chi connectivity index (χ1n) is 8.82. The Morgan fingerprint density at radius 2 is 2.04 bits per heavy atom. The SMILES string of the molecule is CCCc1cc(C(=O)N(C)[C@@H](C)c2ccc(-n3cncn3)cc2)sc1C. The number of nitrogens with zero attached hydrogens (tertiary/aromatic N) is 4. The largest absolute Gasteiger partial charge is 0.334 e. The first-order chi connectivity index (χ1) is 12.5. The number of carbonyl (C=O) groups is 1. The van der Waals surface area contributed by atoms with Gasteiger partial charge in [-0.2, -0.15) is 5.10 Å². The fourth-order valence-electron chi connectivity index (χ4n) is 2.96. The quantitative estimate of drug-likeness (QED) is 0.647. The molecule has 26 heavy (non-hydrogen) atoms. The zero-order valence-electron chi connectivity index (χ0n) is 15.6. The third-order valence-corrected chi connectivity index (χ3v) is 5.79. The smallest absolute Gasteiger partial charge is 0.264 e. The molecule has 6 heteroatoms. The molecule has 2 aromatic heterocycles. The second-order valence-electron chi connectivity index (χ2n) is 6.47. The van der Waals surface area contributed by atoms with Crippen molar-refractivity contribution >= 4 is 17.2 Å². The van der Waals surface area contributed by atoms with Crippen LogP contribution in [0.15, 0.2) is 43.0 Å². The van der Waals surface area contributed by atoms with Crippen LogP contribution in [-0.2, 0) is 6.42 Å². The number of rotatable bonds is 6. The van der Waals surface area contributed by atoms with Gasteiger partial charge in [0, 0.05) is 11.9 Å². The minimum Gasteiger partial charge on any atom is -0.334 e. The number of thiophene rings is 1. The lowest BCUT2D eigenvalue weighted by molar-refractivity contribution is 0.0747. The van der Waals surface area contributed by atoms with E-state index in [1.165, 1.54) is 16.8 Å². The van der Waals surface area contributed by atoms with Gasteiger partial charge in [0.05, 0.1) is 16.6 Å². The highest BCUT2D eigenvalue weighted by Crippen LogP contribution is 2.27. The third-order valence-electron chi connectivity index (χ3n) is 4.71. The molecule has 1 amide bonds. The summed E-state index contributed by atoms with van der Waals surface area (Å²) >= 11 is 1.59. The molecule has 0 spiro atoms. The average molecular weight is 369 g/mol. The van der Waals surface area contributed by atoms with Crippen molar-refractivity contribution in [1.29, 1.82) is 0 Å². The summed E-state index contributed by atoms with van der Waals surface area (Å²) in [7, 11) is 1.87. The molecule has 0 aliphatic rings. The number of hydrogen-bond acceptors (Lipinski definition) is 4. The summed E-state index contributed by atoms with van der Waals surface area (Å²) in [6.45, 7) is 6.31. The summed E-state index contributed by atoms with van der Waals surface area (Å²) in [6, 6.07) is 10.1.